The molecule has 1 rings (SSSR count). The largest absolute Gasteiger partial charge is 0.481 e. The van der Waals surface area contributed by atoms with Crippen LogP contribution in [0.3, 0.4) is 0 Å². The molecular formula is C15H24N2O2. The summed E-state index contributed by atoms with van der Waals surface area (Å²) in [4.78, 5) is 11.7. The van der Waals surface area contributed by atoms with E-state index in [2.05, 4.69) is 32.2 Å². The van der Waals surface area contributed by atoms with Gasteiger partial charge in [0.1, 0.15) is 5.75 Å². The molecule has 106 valence electrons. The van der Waals surface area contributed by atoms with Crippen LogP contribution in [0.25, 0.3) is 0 Å². The van der Waals surface area contributed by atoms with Gasteiger partial charge in [0.05, 0.1) is 0 Å². The Labute approximate surface area is 115 Å². The van der Waals surface area contributed by atoms with E-state index < -0.39 is 6.10 Å². The molecule has 0 saturated heterocycles. The fraction of sp³-hybridized carbons (Fsp3) is 0.533. The molecular weight excluding hydrogens is 240 g/mol. The van der Waals surface area contributed by atoms with E-state index in [1.807, 2.05) is 12.1 Å². The number of aryl methyl sites for hydroxylation is 1. The third-order valence-corrected chi connectivity index (χ3v) is 2.99. The lowest BCUT2D eigenvalue weighted by atomic mass is 9.98. The van der Waals surface area contributed by atoms with Crippen molar-refractivity contribution in [1.82, 2.24) is 5.32 Å². The second-order valence-electron chi connectivity index (χ2n) is 5.01. The predicted octanol–water partition coefficient (Wildman–Crippen LogP) is 1.96. The van der Waals surface area contributed by atoms with Crippen LogP contribution >= 0.6 is 0 Å². The van der Waals surface area contributed by atoms with Crippen LogP contribution in [0.5, 0.6) is 5.75 Å². The van der Waals surface area contributed by atoms with Crippen molar-refractivity contribution in [2.24, 2.45) is 5.73 Å². The van der Waals surface area contributed by atoms with Crippen molar-refractivity contribution < 1.29 is 9.53 Å². The summed E-state index contributed by atoms with van der Waals surface area (Å²) in [6.07, 6.45) is -0.518. The van der Waals surface area contributed by atoms with Gasteiger partial charge in [0, 0.05) is 13.1 Å². The van der Waals surface area contributed by atoms with Crippen LogP contribution in [0.15, 0.2) is 18.2 Å². The molecule has 0 aliphatic carbocycles. The van der Waals surface area contributed by atoms with E-state index in [-0.39, 0.29) is 5.91 Å². The SMILES string of the molecule is Cc1cc(OC(C)C(=O)NCCN)ccc1C(C)C. The van der Waals surface area contributed by atoms with Crippen molar-refractivity contribution >= 4 is 5.91 Å². The first-order valence-corrected chi connectivity index (χ1v) is 6.70. The fourth-order valence-electron chi connectivity index (χ4n) is 1.97. The van der Waals surface area contributed by atoms with Crippen molar-refractivity contribution in [2.45, 2.75) is 39.7 Å². The lowest BCUT2D eigenvalue weighted by Gasteiger charge is -2.16. The predicted molar refractivity (Wildman–Crippen MR) is 77.4 cm³/mol. The molecule has 0 aromatic heterocycles. The lowest BCUT2D eigenvalue weighted by Crippen LogP contribution is -2.38. The first kappa shape index (κ1) is 15.5. The number of amides is 1. The Morgan fingerprint density at radius 3 is 2.58 bits per heavy atom. The minimum absolute atomic E-state index is 0.143. The molecule has 0 bridgehead atoms. The number of ether oxygens (including phenoxy) is 1. The zero-order valence-corrected chi connectivity index (χ0v) is 12.2. The van der Waals surface area contributed by atoms with Crippen LogP contribution in [0.4, 0.5) is 0 Å². The second-order valence-corrected chi connectivity index (χ2v) is 5.01. The van der Waals surface area contributed by atoms with Gasteiger partial charge in [0.2, 0.25) is 0 Å². The molecule has 1 atom stereocenters. The van der Waals surface area contributed by atoms with E-state index in [4.69, 9.17) is 10.5 Å². The highest BCUT2D eigenvalue weighted by Gasteiger charge is 2.14. The standard InChI is InChI=1S/C15H24N2O2/c1-10(2)14-6-5-13(9-11(14)3)19-12(4)15(18)17-8-7-16/h5-6,9-10,12H,7-8,16H2,1-4H3,(H,17,18). The van der Waals surface area contributed by atoms with Crippen molar-refractivity contribution in [2.75, 3.05) is 13.1 Å². The Morgan fingerprint density at radius 1 is 1.37 bits per heavy atom. The molecule has 0 fully saturated rings. The molecule has 4 heteroatoms. The third-order valence-electron chi connectivity index (χ3n) is 2.99. The van der Waals surface area contributed by atoms with Gasteiger partial charge in [0.25, 0.3) is 5.91 Å². The smallest absolute Gasteiger partial charge is 0.260 e. The quantitative estimate of drug-likeness (QED) is 0.825. The van der Waals surface area contributed by atoms with Crippen molar-refractivity contribution in [3.05, 3.63) is 29.3 Å². The van der Waals surface area contributed by atoms with Crippen LogP contribution in [-0.4, -0.2) is 25.1 Å². The monoisotopic (exact) mass is 264 g/mol. The number of nitrogens with two attached hydrogens (primary N) is 1. The van der Waals surface area contributed by atoms with Gasteiger partial charge in [-0.2, -0.15) is 0 Å². The zero-order valence-electron chi connectivity index (χ0n) is 12.2. The summed E-state index contributed by atoms with van der Waals surface area (Å²) in [5, 5.41) is 2.71. The van der Waals surface area contributed by atoms with Gasteiger partial charge in [0.15, 0.2) is 6.10 Å². The minimum Gasteiger partial charge on any atom is -0.481 e. The van der Waals surface area contributed by atoms with E-state index >= 15 is 0 Å². The van der Waals surface area contributed by atoms with E-state index in [1.54, 1.807) is 6.92 Å². The molecule has 0 heterocycles. The first-order chi connectivity index (χ1) is 8.95. The Morgan fingerprint density at radius 2 is 2.05 bits per heavy atom. The highest BCUT2D eigenvalue weighted by Crippen LogP contribution is 2.24. The van der Waals surface area contributed by atoms with Crippen molar-refractivity contribution in [3.8, 4) is 5.75 Å². The Bertz CT molecular complexity index is 430. The van der Waals surface area contributed by atoms with E-state index in [1.165, 1.54) is 11.1 Å². The molecule has 3 N–H and O–H groups in total. The number of hydrogen-bond donors (Lipinski definition) is 2. The normalized spacial score (nSPS) is 12.3. The summed E-state index contributed by atoms with van der Waals surface area (Å²) in [6.45, 7) is 9.01. The number of carbonyl (C=O) groups is 1. The molecule has 0 aliphatic heterocycles. The van der Waals surface area contributed by atoms with Gasteiger partial charge in [-0.15, -0.1) is 0 Å². The highest BCUT2D eigenvalue weighted by molar-refractivity contribution is 5.80. The van der Waals surface area contributed by atoms with Gasteiger partial charge < -0.3 is 15.8 Å². The van der Waals surface area contributed by atoms with Crippen molar-refractivity contribution in [1.29, 1.82) is 0 Å². The average molecular weight is 264 g/mol. The molecule has 19 heavy (non-hydrogen) atoms. The number of carbonyl (C=O) groups excluding carboxylic acids is 1. The summed E-state index contributed by atoms with van der Waals surface area (Å²) in [5.74, 6) is 1.06. The molecule has 1 unspecified atom stereocenters. The van der Waals surface area contributed by atoms with E-state index in [9.17, 15) is 4.79 Å². The number of benzene rings is 1. The van der Waals surface area contributed by atoms with Crippen LogP contribution < -0.4 is 15.8 Å². The third kappa shape index (κ3) is 4.56. The first-order valence-electron chi connectivity index (χ1n) is 6.70. The number of hydrogen-bond acceptors (Lipinski definition) is 3. The van der Waals surface area contributed by atoms with Gasteiger partial charge in [-0.05, 0) is 43.0 Å². The Kier molecular flexibility index (Phi) is 5.83. The summed E-state index contributed by atoms with van der Waals surface area (Å²) in [5.41, 5.74) is 7.82. The van der Waals surface area contributed by atoms with Gasteiger partial charge in [-0.25, -0.2) is 0 Å². The number of rotatable bonds is 6. The Hall–Kier alpha value is -1.55. The summed E-state index contributed by atoms with van der Waals surface area (Å²) in [7, 11) is 0. The zero-order chi connectivity index (χ0) is 14.4. The molecule has 0 saturated carbocycles. The van der Waals surface area contributed by atoms with Crippen molar-refractivity contribution in [3.63, 3.8) is 0 Å². The average Bonchev–Trinajstić information content (AvgIpc) is 2.35. The summed E-state index contributed by atoms with van der Waals surface area (Å²) >= 11 is 0. The topological polar surface area (TPSA) is 64.3 Å². The van der Waals surface area contributed by atoms with Gasteiger partial charge in [-0.3, -0.25) is 4.79 Å². The minimum atomic E-state index is -0.518. The molecule has 0 radical (unpaired) electrons. The lowest BCUT2D eigenvalue weighted by molar-refractivity contribution is -0.127. The van der Waals surface area contributed by atoms with Crippen LogP contribution in [0, 0.1) is 6.92 Å². The second kappa shape index (κ2) is 7.14. The number of nitrogens with one attached hydrogen (secondary N) is 1. The molecule has 1 aromatic rings. The molecule has 0 spiro atoms. The fourth-order valence-corrected chi connectivity index (χ4v) is 1.97. The Balaban J connectivity index is 2.67. The summed E-state index contributed by atoms with van der Waals surface area (Å²) < 4.78 is 5.64. The molecule has 1 aromatic carbocycles. The maximum atomic E-state index is 11.7. The maximum Gasteiger partial charge on any atom is 0.260 e. The molecule has 0 aliphatic rings. The van der Waals surface area contributed by atoms with Crippen LogP contribution in [0.2, 0.25) is 0 Å². The summed E-state index contributed by atoms with van der Waals surface area (Å²) in [6, 6.07) is 5.94. The highest BCUT2D eigenvalue weighted by atomic mass is 16.5. The van der Waals surface area contributed by atoms with E-state index in [0.29, 0.717) is 19.0 Å². The molecule has 1 amide bonds. The van der Waals surface area contributed by atoms with E-state index in [0.717, 1.165) is 5.75 Å². The van der Waals surface area contributed by atoms with Crippen LogP contribution in [-0.2, 0) is 4.79 Å². The van der Waals surface area contributed by atoms with Crippen LogP contribution in [0.1, 0.15) is 37.8 Å². The van der Waals surface area contributed by atoms with Gasteiger partial charge >= 0.3 is 0 Å². The van der Waals surface area contributed by atoms with Gasteiger partial charge in [-0.1, -0.05) is 19.9 Å². The maximum absolute atomic E-state index is 11.7. The molecule has 4 nitrogen and oxygen atoms in total.